The van der Waals surface area contributed by atoms with Crippen molar-refractivity contribution in [3.8, 4) is 5.75 Å². The van der Waals surface area contributed by atoms with Gasteiger partial charge in [0.15, 0.2) is 0 Å². The third kappa shape index (κ3) is 2.52. The van der Waals surface area contributed by atoms with Crippen LogP contribution < -0.4 is 4.74 Å². The van der Waals surface area contributed by atoms with Gasteiger partial charge in [-0.25, -0.2) is 4.79 Å². The van der Waals surface area contributed by atoms with Gasteiger partial charge < -0.3 is 9.47 Å². The lowest BCUT2D eigenvalue weighted by molar-refractivity contribution is -0.386. The third-order valence-corrected chi connectivity index (χ3v) is 3.14. The predicted octanol–water partition coefficient (Wildman–Crippen LogP) is 2.49. The SMILES string of the molecule is COC(=O)c1cc2c(c([N+](=O)[O-])c1)OC(C)(C)CC2. The number of carbonyl (C=O) groups is 1. The van der Waals surface area contributed by atoms with Gasteiger partial charge in [0.2, 0.25) is 5.75 Å². The highest BCUT2D eigenvalue weighted by molar-refractivity contribution is 5.91. The number of aryl methyl sites for hydroxylation is 1. The molecule has 0 saturated heterocycles. The molecule has 0 bridgehead atoms. The smallest absolute Gasteiger partial charge is 0.338 e. The van der Waals surface area contributed by atoms with Crippen LogP contribution in [-0.4, -0.2) is 23.6 Å². The van der Waals surface area contributed by atoms with E-state index < -0.39 is 16.5 Å². The van der Waals surface area contributed by atoms with Gasteiger partial charge in [0, 0.05) is 11.6 Å². The zero-order chi connectivity index (χ0) is 14.2. The minimum Gasteiger partial charge on any atom is -0.481 e. The minimum absolute atomic E-state index is 0.177. The third-order valence-electron chi connectivity index (χ3n) is 3.14. The number of esters is 1. The standard InChI is InChI=1S/C13H15NO5/c1-13(2)5-4-8-6-9(12(15)18-3)7-10(14(16)17)11(8)19-13/h6-7H,4-5H2,1-3H3. The molecule has 102 valence electrons. The molecule has 6 nitrogen and oxygen atoms in total. The van der Waals surface area contributed by atoms with Crippen LogP contribution in [0.3, 0.4) is 0 Å². The molecule has 0 saturated carbocycles. The molecule has 1 aromatic rings. The van der Waals surface area contributed by atoms with E-state index in [9.17, 15) is 14.9 Å². The Morgan fingerprint density at radius 3 is 2.74 bits per heavy atom. The molecule has 1 aliphatic rings. The summed E-state index contributed by atoms with van der Waals surface area (Å²) in [6, 6.07) is 2.80. The first-order valence-electron chi connectivity index (χ1n) is 5.93. The van der Waals surface area contributed by atoms with Gasteiger partial charge in [0.05, 0.1) is 17.6 Å². The van der Waals surface area contributed by atoms with Gasteiger partial charge in [0.25, 0.3) is 0 Å². The zero-order valence-electron chi connectivity index (χ0n) is 11.1. The Morgan fingerprint density at radius 1 is 1.47 bits per heavy atom. The van der Waals surface area contributed by atoms with Crippen LogP contribution >= 0.6 is 0 Å². The number of hydrogen-bond donors (Lipinski definition) is 0. The second kappa shape index (κ2) is 4.53. The Hall–Kier alpha value is -2.11. The van der Waals surface area contributed by atoms with Crippen LogP contribution in [0.15, 0.2) is 12.1 Å². The van der Waals surface area contributed by atoms with Gasteiger partial charge in [-0.1, -0.05) is 0 Å². The summed E-state index contributed by atoms with van der Waals surface area (Å²) in [7, 11) is 1.24. The summed E-state index contributed by atoms with van der Waals surface area (Å²) >= 11 is 0. The summed E-state index contributed by atoms with van der Waals surface area (Å²) in [5.74, 6) is -0.329. The molecule has 1 aliphatic heterocycles. The highest BCUT2D eigenvalue weighted by atomic mass is 16.6. The van der Waals surface area contributed by atoms with Crippen LogP contribution in [0, 0.1) is 10.1 Å². The van der Waals surface area contributed by atoms with E-state index >= 15 is 0 Å². The molecule has 0 fully saturated rings. The summed E-state index contributed by atoms with van der Waals surface area (Å²) < 4.78 is 10.3. The molecule has 0 radical (unpaired) electrons. The number of nitrogens with zero attached hydrogens (tertiary/aromatic N) is 1. The Bertz CT molecular complexity index is 550. The minimum atomic E-state index is -0.587. The molecule has 2 rings (SSSR count). The lowest BCUT2D eigenvalue weighted by atomic mass is 9.92. The van der Waals surface area contributed by atoms with Crippen molar-refractivity contribution in [2.24, 2.45) is 0 Å². The van der Waals surface area contributed by atoms with Crippen molar-refractivity contribution < 1.29 is 19.2 Å². The molecule has 1 heterocycles. The van der Waals surface area contributed by atoms with Crippen LogP contribution in [-0.2, 0) is 11.2 Å². The van der Waals surface area contributed by atoms with E-state index in [4.69, 9.17) is 4.74 Å². The number of methoxy groups -OCH3 is 1. The van der Waals surface area contributed by atoms with Crippen molar-refractivity contribution in [2.75, 3.05) is 7.11 Å². The number of nitro benzene ring substituents is 1. The van der Waals surface area contributed by atoms with Crippen molar-refractivity contribution >= 4 is 11.7 Å². The van der Waals surface area contributed by atoms with Crippen LogP contribution in [0.25, 0.3) is 0 Å². The van der Waals surface area contributed by atoms with Crippen LogP contribution in [0.4, 0.5) is 5.69 Å². The first-order chi connectivity index (χ1) is 8.84. The largest absolute Gasteiger partial charge is 0.481 e. The zero-order valence-corrected chi connectivity index (χ0v) is 11.1. The number of rotatable bonds is 2. The summed E-state index contributed by atoms with van der Waals surface area (Å²) in [6.07, 6.45) is 1.37. The molecule has 0 N–H and O–H groups in total. The van der Waals surface area contributed by atoms with E-state index in [0.717, 1.165) is 6.42 Å². The Morgan fingerprint density at radius 2 is 2.16 bits per heavy atom. The van der Waals surface area contributed by atoms with E-state index in [1.165, 1.54) is 13.2 Å². The van der Waals surface area contributed by atoms with E-state index in [-0.39, 0.29) is 17.0 Å². The van der Waals surface area contributed by atoms with Crippen LogP contribution in [0.2, 0.25) is 0 Å². The normalized spacial score (nSPS) is 16.2. The van der Waals surface area contributed by atoms with Gasteiger partial charge in [-0.2, -0.15) is 0 Å². The van der Waals surface area contributed by atoms with Gasteiger partial charge >= 0.3 is 11.7 Å². The molecule has 0 unspecified atom stereocenters. The summed E-state index contributed by atoms with van der Waals surface area (Å²) in [5, 5.41) is 11.1. The molecule has 0 amide bonds. The van der Waals surface area contributed by atoms with Crippen LogP contribution in [0.1, 0.15) is 36.2 Å². The maximum absolute atomic E-state index is 11.5. The fraction of sp³-hybridized carbons (Fsp3) is 0.462. The number of hydrogen-bond acceptors (Lipinski definition) is 5. The quantitative estimate of drug-likeness (QED) is 0.466. The fourth-order valence-corrected chi connectivity index (χ4v) is 2.11. The topological polar surface area (TPSA) is 78.7 Å². The molecule has 1 aromatic carbocycles. The van der Waals surface area contributed by atoms with Crippen LogP contribution in [0.5, 0.6) is 5.75 Å². The maximum atomic E-state index is 11.5. The Balaban J connectivity index is 2.57. The van der Waals surface area contributed by atoms with E-state index in [0.29, 0.717) is 12.0 Å². The molecule has 19 heavy (non-hydrogen) atoms. The molecule has 0 aliphatic carbocycles. The average Bonchev–Trinajstić information content (AvgIpc) is 2.35. The van der Waals surface area contributed by atoms with E-state index in [1.807, 2.05) is 13.8 Å². The summed E-state index contributed by atoms with van der Waals surface area (Å²) in [6.45, 7) is 3.77. The maximum Gasteiger partial charge on any atom is 0.338 e. The van der Waals surface area contributed by atoms with Crippen molar-refractivity contribution in [2.45, 2.75) is 32.3 Å². The van der Waals surface area contributed by atoms with E-state index in [1.54, 1.807) is 6.07 Å². The molecular weight excluding hydrogens is 250 g/mol. The molecule has 0 atom stereocenters. The number of ether oxygens (including phenoxy) is 2. The number of fused-ring (bicyclic) bond motifs is 1. The van der Waals surface area contributed by atoms with Gasteiger partial charge in [-0.15, -0.1) is 0 Å². The number of nitro groups is 1. The lowest BCUT2D eigenvalue weighted by Gasteiger charge is -2.32. The second-order valence-electron chi connectivity index (χ2n) is 5.09. The molecule has 6 heteroatoms. The first kappa shape index (κ1) is 13.3. The molecule has 0 spiro atoms. The van der Waals surface area contributed by atoms with Gasteiger partial charge in [-0.05, 0) is 32.8 Å². The van der Waals surface area contributed by atoms with Crippen molar-refractivity contribution in [1.29, 1.82) is 0 Å². The van der Waals surface area contributed by atoms with Gasteiger partial charge in [-0.3, -0.25) is 10.1 Å². The van der Waals surface area contributed by atoms with Crippen molar-refractivity contribution in [1.82, 2.24) is 0 Å². The first-order valence-corrected chi connectivity index (χ1v) is 5.93. The second-order valence-corrected chi connectivity index (χ2v) is 5.09. The average molecular weight is 265 g/mol. The number of benzene rings is 1. The van der Waals surface area contributed by atoms with E-state index in [2.05, 4.69) is 4.74 Å². The monoisotopic (exact) mass is 265 g/mol. The Kier molecular flexibility index (Phi) is 3.18. The predicted molar refractivity (Wildman–Crippen MR) is 67.5 cm³/mol. The van der Waals surface area contributed by atoms with Crippen molar-refractivity contribution in [3.63, 3.8) is 0 Å². The van der Waals surface area contributed by atoms with Crippen molar-refractivity contribution in [3.05, 3.63) is 33.4 Å². The highest BCUT2D eigenvalue weighted by Gasteiger charge is 2.33. The summed E-state index contributed by atoms with van der Waals surface area (Å²) in [4.78, 5) is 22.1. The lowest BCUT2D eigenvalue weighted by Crippen LogP contribution is -2.33. The number of carbonyl (C=O) groups excluding carboxylic acids is 1. The molecular formula is C13H15NO5. The molecule has 0 aromatic heterocycles. The highest BCUT2D eigenvalue weighted by Crippen LogP contribution is 2.40. The Labute approximate surface area is 110 Å². The fourth-order valence-electron chi connectivity index (χ4n) is 2.11. The summed E-state index contributed by atoms with van der Waals surface area (Å²) in [5.41, 5.74) is 0.223. The van der Waals surface area contributed by atoms with Gasteiger partial charge in [0.1, 0.15) is 5.60 Å².